The van der Waals surface area contributed by atoms with Crippen LogP contribution < -0.4 is 11.5 Å². The Morgan fingerprint density at radius 3 is 2.68 bits per heavy atom. The Morgan fingerprint density at radius 2 is 2.05 bits per heavy atom. The lowest BCUT2D eigenvalue weighted by Gasteiger charge is -2.29. The number of aromatic amines is 1. The van der Waals surface area contributed by atoms with Gasteiger partial charge in [-0.15, -0.1) is 0 Å². The van der Waals surface area contributed by atoms with Crippen LogP contribution in [0.2, 0.25) is 0 Å². The molecule has 1 aromatic carbocycles. The monoisotopic (exact) mass is 262 g/mol. The lowest BCUT2D eigenvalue weighted by Crippen LogP contribution is -2.23. The molecule has 0 saturated heterocycles. The van der Waals surface area contributed by atoms with Crippen molar-refractivity contribution in [1.29, 1.82) is 0 Å². The van der Waals surface area contributed by atoms with Crippen LogP contribution >= 0.6 is 0 Å². The number of nitrogens with two attached hydrogens (primary N) is 1. The van der Waals surface area contributed by atoms with Gasteiger partial charge in [-0.1, -0.05) is 33.8 Å². The third-order valence-corrected chi connectivity index (χ3v) is 3.96. The maximum atomic E-state index is 11.1. The predicted octanol–water partition coefficient (Wildman–Crippen LogP) is 3.19. The summed E-state index contributed by atoms with van der Waals surface area (Å²) >= 11 is 0. The molecule has 1 aromatic heterocycles. The quantitative estimate of drug-likeness (QED) is 0.892. The van der Waals surface area contributed by atoms with Gasteiger partial charge in [0.2, 0.25) is 0 Å². The van der Waals surface area contributed by atoms with E-state index >= 15 is 0 Å². The maximum absolute atomic E-state index is 11.1. The van der Waals surface area contributed by atoms with E-state index in [0.29, 0.717) is 17.0 Å². The van der Waals surface area contributed by atoms with E-state index in [1.807, 2.05) is 18.2 Å². The highest BCUT2D eigenvalue weighted by molar-refractivity contribution is 5.72. The largest absolute Gasteiger partial charge is 0.417 e. The molecule has 0 aliphatic heterocycles. The van der Waals surface area contributed by atoms with Gasteiger partial charge in [-0.3, -0.25) is 4.98 Å². The third kappa shape index (κ3) is 3.07. The fourth-order valence-corrected chi connectivity index (χ4v) is 2.06. The number of rotatable bonds is 3. The molecule has 0 saturated carbocycles. The summed E-state index contributed by atoms with van der Waals surface area (Å²) in [5.74, 6) is 0.0835. The summed E-state index contributed by atoms with van der Waals surface area (Å²) in [6.07, 6.45) is 0.906. The summed E-state index contributed by atoms with van der Waals surface area (Å²) in [6.45, 7) is 8.88. The van der Waals surface area contributed by atoms with E-state index in [0.717, 1.165) is 12.0 Å². The second-order valence-corrected chi connectivity index (χ2v) is 6.38. The highest BCUT2D eigenvalue weighted by Gasteiger charge is 2.23. The second kappa shape index (κ2) is 4.85. The van der Waals surface area contributed by atoms with Crippen LogP contribution in [0.5, 0.6) is 0 Å². The number of aromatic nitrogens is 1. The molecule has 0 radical (unpaired) electrons. The van der Waals surface area contributed by atoms with Crippen molar-refractivity contribution in [1.82, 2.24) is 4.98 Å². The Hall–Kier alpha value is -1.55. The molecule has 0 amide bonds. The lowest BCUT2D eigenvalue weighted by molar-refractivity contribution is 0.234. The molecule has 0 fully saturated rings. The Morgan fingerprint density at radius 1 is 1.37 bits per heavy atom. The molecular weight excluding hydrogens is 240 g/mol. The van der Waals surface area contributed by atoms with E-state index in [1.54, 1.807) is 0 Å². The van der Waals surface area contributed by atoms with Crippen molar-refractivity contribution >= 4 is 11.1 Å². The first kappa shape index (κ1) is 13.9. The van der Waals surface area contributed by atoms with E-state index in [2.05, 4.69) is 32.7 Å². The van der Waals surface area contributed by atoms with Gasteiger partial charge in [0.25, 0.3) is 0 Å². The molecule has 2 atom stereocenters. The van der Waals surface area contributed by atoms with Crippen LogP contribution in [0.4, 0.5) is 0 Å². The molecule has 1 heterocycles. The Labute approximate surface area is 113 Å². The number of hydrogen-bond acceptors (Lipinski definition) is 3. The van der Waals surface area contributed by atoms with E-state index in [4.69, 9.17) is 10.2 Å². The molecule has 0 aliphatic carbocycles. The number of fused-ring (bicyclic) bond motifs is 1. The Kier molecular flexibility index (Phi) is 3.54. The van der Waals surface area contributed by atoms with Crippen molar-refractivity contribution in [3.05, 3.63) is 34.3 Å². The van der Waals surface area contributed by atoms with Gasteiger partial charge in [-0.25, -0.2) is 4.79 Å². The molecule has 2 unspecified atom stereocenters. The number of nitrogens with one attached hydrogen (secondary N) is 1. The molecule has 0 spiro atoms. The summed E-state index contributed by atoms with van der Waals surface area (Å²) in [7, 11) is 0. The zero-order chi connectivity index (χ0) is 14.2. The number of hydrogen-bond donors (Lipinski definition) is 2. The molecule has 4 heteroatoms. The van der Waals surface area contributed by atoms with E-state index in [1.165, 1.54) is 0 Å². The highest BCUT2D eigenvalue weighted by atomic mass is 16.4. The van der Waals surface area contributed by atoms with E-state index in [9.17, 15) is 4.79 Å². The van der Waals surface area contributed by atoms with Gasteiger partial charge < -0.3 is 10.2 Å². The fourth-order valence-electron chi connectivity index (χ4n) is 2.06. The SMILES string of the molecule is CC(CC(N)c1ccc2[nH]c(=O)oc2c1)C(C)(C)C. The molecule has 0 aliphatic rings. The highest BCUT2D eigenvalue weighted by Crippen LogP contribution is 2.32. The summed E-state index contributed by atoms with van der Waals surface area (Å²) in [5, 5.41) is 0. The first-order valence-electron chi connectivity index (χ1n) is 6.65. The number of H-pyrrole nitrogens is 1. The number of oxazole rings is 1. The molecule has 0 bridgehead atoms. The lowest BCUT2D eigenvalue weighted by atomic mass is 9.78. The topological polar surface area (TPSA) is 72.0 Å². The van der Waals surface area contributed by atoms with Gasteiger partial charge in [-0.2, -0.15) is 0 Å². The zero-order valence-corrected chi connectivity index (χ0v) is 12.0. The van der Waals surface area contributed by atoms with Gasteiger partial charge in [-0.05, 0) is 35.4 Å². The van der Waals surface area contributed by atoms with Crippen LogP contribution in [-0.2, 0) is 0 Å². The maximum Gasteiger partial charge on any atom is 0.417 e. The minimum atomic E-state index is -0.427. The van der Waals surface area contributed by atoms with Crippen LogP contribution in [0, 0.1) is 11.3 Å². The third-order valence-electron chi connectivity index (χ3n) is 3.96. The second-order valence-electron chi connectivity index (χ2n) is 6.38. The molecule has 4 nitrogen and oxygen atoms in total. The smallest absolute Gasteiger partial charge is 0.408 e. The Bertz CT molecular complexity index is 619. The minimum absolute atomic E-state index is 0.0428. The average molecular weight is 262 g/mol. The van der Waals surface area contributed by atoms with Crippen molar-refractivity contribution in [2.45, 2.75) is 40.2 Å². The van der Waals surface area contributed by atoms with E-state index < -0.39 is 5.76 Å². The molecule has 2 rings (SSSR count). The van der Waals surface area contributed by atoms with Crippen LogP contribution in [0.15, 0.2) is 27.4 Å². The minimum Gasteiger partial charge on any atom is -0.408 e. The molecular formula is C15H22N2O2. The van der Waals surface area contributed by atoms with Crippen molar-refractivity contribution in [3.8, 4) is 0 Å². The first-order chi connectivity index (χ1) is 8.77. The zero-order valence-electron chi connectivity index (χ0n) is 12.0. The van der Waals surface area contributed by atoms with Crippen LogP contribution in [0.25, 0.3) is 11.1 Å². The van der Waals surface area contributed by atoms with Crippen molar-refractivity contribution < 1.29 is 4.42 Å². The fraction of sp³-hybridized carbons (Fsp3) is 0.533. The summed E-state index contributed by atoms with van der Waals surface area (Å²) in [4.78, 5) is 13.8. The van der Waals surface area contributed by atoms with Crippen molar-refractivity contribution in [2.24, 2.45) is 17.1 Å². The van der Waals surface area contributed by atoms with Gasteiger partial charge in [0, 0.05) is 6.04 Å². The van der Waals surface area contributed by atoms with Crippen molar-refractivity contribution in [3.63, 3.8) is 0 Å². The van der Waals surface area contributed by atoms with Gasteiger partial charge in [0.15, 0.2) is 5.58 Å². The number of benzene rings is 1. The summed E-state index contributed by atoms with van der Waals surface area (Å²) in [5.41, 5.74) is 8.79. The van der Waals surface area contributed by atoms with Gasteiger partial charge >= 0.3 is 5.76 Å². The van der Waals surface area contributed by atoms with Crippen molar-refractivity contribution in [2.75, 3.05) is 0 Å². The first-order valence-corrected chi connectivity index (χ1v) is 6.65. The normalized spacial score (nSPS) is 15.6. The van der Waals surface area contributed by atoms with Gasteiger partial charge in [0.05, 0.1) is 5.52 Å². The summed E-state index contributed by atoms with van der Waals surface area (Å²) < 4.78 is 5.06. The molecule has 104 valence electrons. The van der Waals surface area contributed by atoms with E-state index in [-0.39, 0.29) is 11.5 Å². The molecule has 2 aromatic rings. The summed E-state index contributed by atoms with van der Waals surface area (Å²) in [6, 6.07) is 5.61. The van der Waals surface area contributed by atoms with Crippen LogP contribution in [0.3, 0.4) is 0 Å². The van der Waals surface area contributed by atoms with Gasteiger partial charge in [0.1, 0.15) is 0 Å². The Balaban J connectivity index is 2.21. The molecule has 19 heavy (non-hydrogen) atoms. The standard InChI is InChI=1S/C15H22N2O2/c1-9(15(2,3)4)7-11(16)10-5-6-12-13(8-10)19-14(18)17-12/h5-6,8-9,11H,7,16H2,1-4H3,(H,17,18). The average Bonchev–Trinajstić information content (AvgIpc) is 2.66. The molecule has 3 N–H and O–H groups in total. The van der Waals surface area contributed by atoms with Crippen LogP contribution in [0.1, 0.15) is 45.7 Å². The predicted molar refractivity (Wildman–Crippen MR) is 77.0 cm³/mol. The van der Waals surface area contributed by atoms with Crippen LogP contribution in [-0.4, -0.2) is 4.98 Å².